The summed E-state index contributed by atoms with van der Waals surface area (Å²) in [5, 5.41) is 0. The molecule has 0 bridgehead atoms. The molecule has 6 nitrogen and oxygen atoms in total. The Morgan fingerprint density at radius 1 is 0.333 bits per heavy atom. The molecular weight excluding hydrogens is 781 g/mol. The number of rotatable bonds is 48. The SMILES string of the molecule is CC/C=C\C/C=C\CCCCCCCCCC(=O)OC(COC(=O)CCC/C=C\C/C=C\C/C=C\CCCCCCCC)COC(=O)CCCCCCCCCCCCCCCC. The van der Waals surface area contributed by atoms with E-state index >= 15 is 0 Å². The van der Waals surface area contributed by atoms with E-state index in [1.165, 1.54) is 141 Å². The molecule has 1 unspecified atom stereocenters. The van der Waals surface area contributed by atoms with Crippen molar-refractivity contribution < 1.29 is 28.6 Å². The van der Waals surface area contributed by atoms with Crippen LogP contribution in [0.2, 0.25) is 0 Å². The van der Waals surface area contributed by atoms with Crippen LogP contribution >= 0.6 is 0 Å². The minimum atomic E-state index is -0.796. The van der Waals surface area contributed by atoms with Gasteiger partial charge in [-0.3, -0.25) is 14.4 Å². The lowest BCUT2D eigenvalue weighted by Gasteiger charge is -2.18. The molecule has 0 saturated carbocycles. The Balaban J connectivity index is 4.44. The third-order valence-electron chi connectivity index (χ3n) is 11.5. The first-order valence-corrected chi connectivity index (χ1v) is 26.8. The van der Waals surface area contributed by atoms with Gasteiger partial charge < -0.3 is 14.2 Å². The first-order chi connectivity index (χ1) is 31.0. The Hall–Kier alpha value is -2.89. The number of esters is 3. The van der Waals surface area contributed by atoms with Crippen molar-refractivity contribution in [3.63, 3.8) is 0 Å². The number of carbonyl (C=O) groups excluding carboxylic acids is 3. The van der Waals surface area contributed by atoms with Crippen molar-refractivity contribution in [2.45, 2.75) is 271 Å². The number of unbranched alkanes of at least 4 members (excludes halogenated alkanes) is 27. The molecule has 0 fully saturated rings. The van der Waals surface area contributed by atoms with Crippen LogP contribution in [0.25, 0.3) is 0 Å². The summed E-state index contributed by atoms with van der Waals surface area (Å²) in [5.74, 6) is -0.947. The van der Waals surface area contributed by atoms with Gasteiger partial charge in [0.15, 0.2) is 6.10 Å². The molecule has 0 aromatic rings. The Kier molecular flexibility index (Phi) is 49.4. The van der Waals surface area contributed by atoms with Gasteiger partial charge in [-0.05, 0) is 77.0 Å². The maximum atomic E-state index is 12.8. The van der Waals surface area contributed by atoms with Crippen molar-refractivity contribution in [3.05, 3.63) is 60.8 Å². The van der Waals surface area contributed by atoms with E-state index in [4.69, 9.17) is 14.2 Å². The highest BCUT2D eigenvalue weighted by atomic mass is 16.6. The van der Waals surface area contributed by atoms with Crippen molar-refractivity contribution in [3.8, 4) is 0 Å². The van der Waals surface area contributed by atoms with Crippen molar-refractivity contribution in [1.29, 1.82) is 0 Å². The lowest BCUT2D eigenvalue weighted by molar-refractivity contribution is -0.167. The van der Waals surface area contributed by atoms with Crippen LogP contribution in [0.1, 0.15) is 265 Å². The molecule has 0 aromatic carbocycles. The van der Waals surface area contributed by atoms with Crippen molar-refractivity contribution in [2.24, 2.45) is 0 Å². The van der Waals surface area contributed by atoms with Gasteiger partial charge in [0.2, 0.25) is 0 Å². The van der Waals surface area contributed by atoms with Crippen LogP contribution in [0, 0.1) is 0 Å². The summed E-state index contributed by atoms with van der Waals surface area (Å²) in [6, 6.07) is 0. The van der Waals surface area contributed by atoms with Gasteiger partial charge in [0.05, 0.1) is 0 Å². The van der Waals surface area contributed by atoms with Crippen LogP contribution in [0.3, 0.4) is 0 Å². The summed E-state index contributed by atoms with van der Waals surface area (Å²) in [7, 11) is 0. The topological polar surface area (TPSA) is 78.9 Å². The molecule has 0 aliphatic carbocycles. The van der Waals surface area contributed by atoms with Crippen LogP contribution in [0.5, 0.6) is 0 Å². The summed E-state index contributed by atoms with van der Waals surface area (Å²) < 4.78 is 16.8. The van der Waals surface area contributed by atoms with E-state index in [2.05, 4.69) is 81.5 Å². The Bertz CT molecular complexity index is 1150. The predicted octanol–water partition coefficient (Wildman–Crippen LogP) is 17.6. The van der Waals surface area contributed by atoms with Crippen LogP contribution in [-0.4, -0.2) is 37.2 Å². The summed E-state index contributed by atoms with van der Waals surface area (Å²) in [4.78, 5) is 38.0. The fourth-order valence-electron chi connectivity index (χ4n) is 7.50. The number of hydrogen-bond donors (Lipinski definition) is 0. The second kappa shape index (κ2) is 51.7. The third-order valence-corrected chi connectivity index (χ3v) is 11.5. The van der Waals surface area contributed by atoms with Crippen LogP contribution in [0.4, 0.5) is 0 Å². The Labute approximate surface area is 390 Å². The molecular formula is C57H100O6. The fraction of sp³-hybridized carbons (Fsp3) is 0.772. The zero-order valence-electron chi connectivity index (χ0n) is 41.6. The summed E-state index contributed by atoms with van der Waals surface area (Å²) in [5.41, 5.74) is 0. The van der Waals surface area contributed by atoms with Crippen molar-refractivity contribution in [1.82, 2.24) is 0 Å². The molecule has 0 aliphatic rings. The van der Waals surface area contributed by atoms with Gasteiger partial charge in [0.25, 0.3) is 0 Å². The molecule has 0 spiro atoms. The fourth-order valence-corrected chi connectivity index (χ4v) is 7.50. The zero-order chi connectivity index (χ0) is 45.8. The number of ether oxygens (including phenoxy) is 3. The quantitative estimate of drug-likeness (QED) is 0.0262. The highest BCUT2D eigenvalue weighted by Gasteiger charge is 2.19. The summed E-state index contributed by atoms with van der Waals surface area (Å²) in [6.45, 7) is 6.49. The first-order valence-electron chi connectivity index (χ1n) is 26.8. The van der Waals surface area contributed by atoms with Crippen molar-refractivity contribution in [2.75, 3.05) is 13.2 Å². The van der Waals surface area contributed by atoms with E-state index in [0.29, 0.717) is 19.3 Å². The molecule has 1 atom stereocenters. The van der Waals surface area contributed by atoms with Gasteiger partial charge >= 0.3 is 17.9 Å². The molecule has 364 valence electrons. The number of carbonyl (C=O) groups is 3. The molecule has 6 heteroatoms. The first kappa shape index (κ1) is 60.1. The van der Waals surface area contributed by atoms with Crippen LogP contribution in [-0.2, 0) is 28.6 Å². The summed E-state index contributed by atoms with van der Waals surface area (Å²) >= 11 is 0. The van der Waals surface area contributed by atoms with Crippen LogP contribution in [0.15, 0.2) is 60.8 Å². The lowest BCUT2D eigenvalue weighted by atomic mass is 10.0. The molecule has 0 amide bonds. The number of allylic oxidation sites excluding steroid dienone is 10. The molecule has 0 aliphatic heterocycles. The largest absolute Gasteiger partial charge is 0.462 e. The van der Waals surface area contributed by atoms with E-state index in [-0.39, 0.29) is 37.5 Å². The van der Waals surface area contributed by atoms with E-state index in [1.807, 2.05) is 0 Å². The van der Waals surface area contributed by atoms with Gasteiger partial charge in [-0.25, -0.2) is 0 Å². The zero-order valence-corrected chi connectivity index (χ0v) is 41.6. The summed E-state index contributed by atoms with van der Waals surface area (Å²) in [6.07, 6.45) is 63.5. The second-order valence-electron chi connectivity index (χ2n) is 17.8. The van der Waals surface area contributed by atoms with Crippen molar-refractivity contribution >= 4 is 17.9 Å². The Morgan fingerprint density at radius 2 is 0.635 bits per heavy atom. The molecule has 0 rings (SSSR count). The van der Waals surface area contributed by atoms with E-state index in [1.54, 1.807) is 0 Å². The monoisotopic (exact) mass is 881 g/mol. The molecule has 0 aromatic heterocycles. The maximum Gasteiger partial charge on any atom is 0.306 e. The highest BCUT2D eigenvalue weighted by Crippen LogP contribution is 2.15. The van der Waals surface area contributed by atoms with Gasteiger partial charge in [0.1, 0.15) is 13.2 Å². The van der Waals surface area contributed by atoms with E-state index < -0.39 is 6.10 Å². The molecule has 0 radical (unpaired) electrons. The molecule has 0 N–H and O–H groups in total. The number of hydrogen-bond acceptors (Lipinski definition) is 6. The van der Waals surface area contributed by atoms with Gasteiger partial charge in [-0.2, -0.15) is 0 Å². The van der Waals surface area contributed by atoms with Gasteiger partial charge in [-0.1, -0.05) is 229 Å². The average Bonchev–Trinajstić information content (AvgIpc) is 3.28. The minimum Gasteiger partial charge on any atom is -0.462 e. The van der Waals surface area contributed by atoms with Gasteiger partial charge in [0, 0.05) is 19.3 Å². The molecule has 0 heterocycles. The predicted molar refractivity (Wildman–Crippen MR) is 270 cm³/mol. The maximum absolute atomic E-state index is 12.8. The van der Waals surface area contributed by atoms with Gasteiger partial charge in [-0.15, -0.1) is 0 Å². The lowest BCUT2D eigenvalue weighted by Crippen LogP contribution is -2.30. The third kappa shape index (κ3) is 50.0. The van der Waals surface area contributed by atoms with Crippen LogP contribution < -0.4 is 0 Å². The van der Waals surface area contributed by atoms with E-state index in [0.717, 1.165) is 77.0 Å². The standard InChI is InChI=1S/C57H100O6/c1-4-7-10-13-16-19-22-25-28-29-30-33-35-38-41-44-47-50-56(59)62-53-54(63-57(60)51-48-45-42-39-36-32-27-24-21-18-15-12-9-6-3)52-61-55(58)49-46-43-40-37-34-31-26-23-20-17-14-11-8-5-2/h9,12,18,21,25,28,30,33,38,41,54H,4-8,10-11,13-17,19-20,22-24,26-27,29,31-32,34-37,39-40,42-53H2,1-3H3/b12-9-,21-18-,28-25-,33-30-,41-38-. The second-order valence-corrected chi connectivity index (χ2v) is 17.8. The molecule has 63 heavy (non-hydrogen) atoms. The smallest absolute Gasteiger partial charge is 0.306 e. The Morgan fingerprint density at radius 3 is 1.03 bits per heavy atom. The average molecular weight is 881 g/mol. The normalized spacial score (nSPS) is 12.5. The minimum absolute atomic E-state index is 0.0910. The molecule has 0 saturated heterocycles. The highest BCUT2D eigenvalue weighted by molar-refractivity contribution is 5.71. The van der Waals surface area contributed by atoms with E-state index in [9.17, 15) is 14.4 Å².